The Labute approximate surface area is 103 Å². The number of nitrogens with one attached hydrogen (secondary N) is 1. The molecule has 1 saturated heterocycles. The first-order valence-corrected chi connectivity index (χ1v) is 5.90. The summed E-state index contributed by atoms with van der Waals surface area (Å²) < 4.78 is 11.5. The first kappa shape index (κ1) is 11.7. The smallest absolute Gasteiger partial charge is 0.161 e. The summed E-state index contributed by atoms with van der Waals surface area (Å²) in [6, 6.07) is 3.43. The predicted octanol–water partition coefficient (Wildman–Crippen LogP) is 1.82. The summed E-state index contributed by atoms with van der Waals surface area (Å²) in [5.41, 5.74) is 0.936. The van der Waals surface area contributed by atoms with Crippen LogP contribution in [0.4, 0.5) is 0 Å². The second-order valence-electron chi connectivity index (χ2n) is 3.61. The van der Waals surface area contributed by atoms with Gasteiger partial charge in [0.15, 0.2) is 11.5 Å². The molecule has 88 valence electrons. The number of rotatable bonds is 2. The van der Waals surface area contributed by atoms with E-state index in [1.165, 1.54) is 7.11 Å². The van der Waals surface area contributed by atoms with Crippen LogP contribution in [0.1, 0.15) is 11.7 Å². The van der Waals surface area contributed by atoms with Crippen LogP contribution < -0.4 is 10.1 Å². The minimum atomic E-state index is -0.0278. The van der Waals surface area contributed by atoms with Gasteiger partial charge in [0.1, 0.15) is 0 Å². The van der Waals surface area contributed by atoms with Crippen LogP contribution in [0.5, 0.6) is 11.5 Å². The molecule has 16 heavy (non-hydrogen) atoms. The third kappa shape index (κ3) is 2.31. The molecule has 0 saturated carbocycles. The molecule has 1 unspecified atom stereocenters. The third-order valence-electron chi connectivity index (χ3n) is 2.57. The van der Waals surface area contributed by atoms with E-state index < -0.39 is 0 Å². The van der Waals surface area contributed by atoms with Crippen molar-refractivity contribution in [3.05, 3.63) is 22.2 Å². The molecule has 0 aliphatic carbocycles. The van der Waals surface area contributed by atoms with E-state index >= 15 is 0 Å². The maximum Gasteiger partial charge on any atom is 0.161 e. The minimum absolute atomic E-state index is 0.0278. The van der Waals surface area contributed by atoms with E-state index in [0.717, 1.165) is 23.1 Å². The fraction of sp³-hybridized carbons (Fsp3) is 0.455. The van der Waals surface area contributed by atoms with Gasteiger partial charge in [-0.25, -0.2) is 0 Å². The average molecular weight is 288 g/mol. The molecule has 2 rings (SSSR count). The number of ether oxygens (including phenoxy) is 2. The van der Waals surface area contributed by atoms with Crippen molar-refractivity contribution in [2.75, 3.05) is 26.8 Å². The predicted molar refractivity (Wildman–Crippen MR) is 63.9 cm³/mol. The average Bonchev–Trinajstić information content (AvgIpc) is 2.32. The second kappa shape index (κ2) is 5.03. The monoisotopic (exact) mass is 287 g/mol. The molecular formula is C11H14BrNO3. The molecule has 2 N–H and O–H groups in total. The van der Waals surface area contributed by atoms with E-state index in [-0.39, 0.29) is 11.9 Å². The van der Waals surface area contributed by atoms with E-state index in [9.17, 15) is 5.11 Å². The molecule has 1 fully saturated rings. The first-order chi connectivity index (χ1) is 7.72. The Morgan fingerprint density at radius 2 is 2.38 bits per heavy atom. The highest BCUT2D eigenvalue weighted by atomic mass is 79.9. The van der Waals surface area contributed by atoms with Crippen LogP contribution in [-0.2, 0) is 4.74 Å². The number of methoxy groups -OCH3 is 1. The van der Waals surface area contributed by atoms with Crippen molar-refractivity contribution >= 4 is 15.9 Å². The molecule has 0 amide bonds. The topological polar surface area (TPSA) is 50.7 Å². The third-order valence-corrected chi connectivity index (χ3v) is 3.26. The summed E-state index contributed by atoms with van der Waals surface area (Å²) >= 11 is 3.46. The van der Waals surface area contributed by atoms with Gasteiger partial charge in [-0.15, -0.1) is 0 Å². The molecule has 0 spiro atoms. The van der Waals surface area contributed by atoms with E-state index in [1.54, 1.807) is 12.1 Å². The van der Waals surface area contributed by atoms with Crippen LogP contribution in [0.15, 0.2) is 16.6 Å². The van der Waals surface area contributed by atoms with Crippen molar-refractivity contribution in [3.8, 4) is 11.5 Å². The van der Waals surface area contributed by atoms with Gasteiger partial charge in [-0.05, 0) is 12.1 Å². The summed E-state index contributed by atoms with van der Waals surface area (Å²) in [7, 11) is 1.53. The molecule has 0 bridgehead atoms. The first-order valence-electron chi connectivity index (χ1n) is 5.11. The molecule has 1 aliphatic heterocycles. The molecule has 1 aromatic rings. The van der Waals surface area contributed by atoms with Gasteiger partial charge in [0, 0.05) is 23.1 Å². The van der Waals surface area contributed by atoms with Crippen LogP contribution in [0, 0.1) is 0 Å². The zero-order valence-corrected chi connectivity index (χ0v) is 10.6. The van der Waals surface area contributed by atoms with Crippen molar-refractivity contribution in [1.82, 2.24) is 5.32 Å². The highest BCUT2D eigenvalue weighted by Crippen LogP contribution is 2.36. The Balaban J connectivity index is 2.29. The van der Waals surface area contributed by atoms with Crippen LogP contribution in [0.3, 0.4) is 0 Å². The number of phenols is 1. The SMILES string of the molecule is COc1cc(Br)c(C2CNCCO2)cc1O. The number of morpholine rings is 1. The minimum Gasteiger partial charge on any atom is -0.504 e. The van der Waals surface area contributed by atoms with Gasteiger partial charge in [-0.1, -0.05) is 15.9 Å². The number of hydrogen-bond donors (Lipinski definition) is 2. The fourth-order valence-corrected chi connectivity index (χ4v) is 2.31. The molecule has 1 atom stereocenters. The quantitative estimate of drug-likeness (QED) is 0.871. The summed E-state index contributed by atoms with van der Waals surface area (Å²) in [5.74, 6) is 0.592. The molecule has 1 aliphatic rings. The number of hydrogen-bond acceptors (Lipinski definition) is 4. The van der Waals surface area contributed by atoms with E-state index in [2.05, 4.69) is 21.2 Å². The van der Waals surface area contributed by atoms with Crippen LogP contribution in [0.2, 0.25) is 0 Å². The standard InChI is InChI=1S/C11H14BrNO3/c1-15-10-5-8(12)7(4-9(10)14)11-6-13-2-3-16-11/h4-5,11,13-14H,2-3,6H2,1H3. The fourth-order valence-electron chi connectivity index (χ4n) is 1.74. The molecule has 0 aromatic heterocycles. The van der Waals surface area contributed by atoms with Gasteiger partial charge in [-0.2, -0.15) is 0 Å². The van der Waals surface area contributed by atoms with Gasteiger partial charge in [0.05, 0.1) is 19.8 Å². The van der Waals surface area contributed by atoms with Gasteiger partial charge in [0.2, 0.25) is 0 Å². The van der Waals surface area contributed by atoms with Gasteiger partial charge >= 0.3 is 0 Å². The van der Waals surface area contributed by atoms with E-state index in [0.29, 0.717) is 12.4 Å². The number of aromatic hydroxyl groups is 1. The Bertz CT molecular complexity index is 378. The Hall–Kier alpha value is -0.780. The molecule has 5 heteroatoms. The molecule has 1 aromatic carbocycles. The summed E-state index contributed by atoms with van der Waals surface area (Å²) in [4.78, 5) is 0. The lowest BCUT2D eigenvalue weighted by atomic mass is 10.1. The van der Waals surface area contributed by atoms with Crippen LogP contribution in [0.25, 0.3) is 0 Å². The second-order valence-corrected chi connectivity index (χ2v) is 4.46. The molecule has 4 nitrogen and oxygen atoms in total. The van der Waals surface area contributed by atoms with Crippen LogP contribution in [-0.4, -0.2) is 31.9 Å². The summed E-state index contributed by atoms with van der Waals surface area (Å²) in [6.07, 6.45) is -0.0278. The highest BCUT2D eigenvalue weighted by molar-refractivity contribution is 9.10. The Morgan fingerprint density at radius 1 is 1.56 bits per heavy atom. The van der Waals surface area contributed by atoms with E-state index in [4.69, 9.17) is 9.47 Å². The Kier molecular flexibility index (Phi) is 3.68. The highest BCUT2D eigenvalue weighted by Gasteiger charge is 2.20. The van der Waals surface area contributed by atoms with Crippen molar-refractivity contribution in [2.24, 2.45) is 0 Å². The maximum absolute atomic E-state index is 9.72. The maximum atomic E-state index is 9.72. The van der Waals surface area contributed by atoms with Crippen molar-refractivity contribution < 1.29 is 14.6 Å². The lowest BCUT2D eigenvalue weighted by Crippen LogP contribution is -2.33. The van der Waals surface area contributed by atoms with Crippen LogP contribution >= 0.6 is 15.9 Å². The largest absolute Gasteiger partial charge is 0.504 e. The van der Waals surface area contributed by atoms with E-state index in [1.807, 2.05) is 0 Å². The zero-order chi connectivity index (χ0) is 11.5. The van der Waals surface area contributed by atoms with Gasteiger partial charge in [0.25, 0.3) is 0 Å². The summed E-state index contributed by atoms with van der Waals surface area (Å²) in [6.45, 7) is 2.31. The molecule has 0 radical (unpaired) electrons. The van der Waals surface area contributed by atoms with Crippen molar-refractivity contribution in [3.63, 3.8) is 0 Å². The number of benzene rings is 1. The van der Waals surface area contributed by atoms with Crippen molar-refractivity contribution in [2.45, 2.75) is 6.10 Å². The lowest BCUT2D eigenvalue weighted by Gasteiger charge is -2.25. The lowest BCUT2D eigenvalue weighted by molar-refractivity contribution is 0.0271. The zero-order valence-electron chi connectivity index (χ0n) is 9.00. The molecule has 1 heterocycles. The van der Waals surface area contributed by atoms with Crippen molar-refractivity contribution in [1.29, 1.82) is 0 Å². The number of halogens is 1. The number of phenolic OH excluding ortho intramolecular Hbond substituents is 1. The van der Waals surface area contributed by atoms with Gasteiger partial charge in [-0.3, -0.25) is 0 Å². The Morgan fingerprint density at radius 3 is 3.00 bits per heavy atom. The van der Waals surface area contributed by atoms with Gasteiger partial charge < -0.3 is 19.9 Å². The summed E-state index contributed by atoms with van der Waals surface area (Å²) in [5, 5.41) is 13.0. The molecular weight excluding hydrogens is 274 g/mol. The normalized spacial score (nSPS) is 20.8.